The largest absolute Gasteiger partial charge is 0.224 e. The lowest BCUT2D eigenvalue weighted by atomic mass is 10.1. The summed E-state index contributed by atoms with van der Waals surface area (Å²) in [5, 5.41) is 11.9. The van der Waals surface area contributed by atoms with E-state index in [4.69, 9.17) is 0 Å². The van der Waals surface area contributed by atoms with Crippen LogP contribution in [-0.4, -0.2) is 34.4 Å². The van der Waals surface area contributed by atoms with Crippen molar-refractivity contribution in [3.63, 3.8) is 0 Å². The monoisotopic (exact) mass is 424 g/mol. The highest BCUT2D eigenvalue weighted by Crippen LogP contribution is 2.18. The van der Waals surface area contributed by atoms with Crippen LogP contribution in [-0.2, 0) is 16.4 Å². The highest BCUT2D eigenvalue weighted by molar-refractivity contribution is 9.10. The summed E-state index contributed by atoms with van der Waals surface area (Å²) in [6.45, 7) is 1.72. The third kappa shape index (κ3) is 4.10. The number of benzene rings is 2. The van der Waals surface area contributed by atoms with Gasteiger partial charge < -0.3 is 0 Å². The Labute approximate surface area is 152 Å². The Balaban J connectivity index is 1.73. The van der Waals surface area contributed by atoms with E-state index in [0.717, 1.165) is 4.47 Å². The van der Waals surface area contributed by atoms with Crippen molar-refractivity contribution in [1.82, 2.24) is 20.2 Å². The SMILES string of the molecule is Cc1cc(-c2nnn(CCS(=O)(=O)c3ccc(Br)cc3)n2)ccc1F. The number of aromatic nitrogens is 4. The molecule has 0 aliphatic carbocycles. The van der Waals surface area contributed by atoms with Gasteiger partial charge in [-0.25, -0.2) is 12.8 Å². The molecule has 3 aromatic rings. The van der Waals surface area contributed by atoms with Gasteiger partial charge in [-0.15, -0.1) is 10.2 Å². The van der Waals surface area contributed by atoms with Crippen molar-refractivity contribution < 1.29 is 12.8 Å². The van der Waals surface area contributed by atoms with E-state index >= 15 is 0 Å². The van der Waals surface area contributed by atoms with Crippen molar-refractivity contribution in [2.24, 2.45) is 0 Å². The van der Waals surface area contributed by atoms with Gasteiger partial charge in [-0.1, -0.05) is 15.9 Å². The third-order valence-corrected chi connectivity index (χ3v) is 5.84. The van der Waals surface area contributed by atoms with Gasteiger partial charge in [0, 0.05) is 10.0 Å². The zero-order valence-electron chi connectivity index (χ0n) is 13.2. The molecular formula is C16H14BrFN4O2S. The van der Waals surface area contributed by atoms with Crippen LogP contribution >= 0.6 is 15.9 Å². The molecule has 0 saturated carbocycles. The first-order valence-corrected chi connectivity index (χ1v) is 9.82. The molecule has 25 heavy (non-hydrogen) atoms. The number of halogens is 2. The number of rotatable bonds is 5. The smallest absolute Gasteiger partial charge is 0.204 e. The lowest BCUT2D eigenvalue weighted by molar-refractivity contribution is 0.538. The van der Waals surface area contributed by atoms with Crippen molar-refractivity contribution >= 4 is 25.8 Å². The van der Waals surface area contributed by atoms with Gasteiger partial charge in [-0.05, 0) is 60.2 Å². The maximum absolute atomic E-state index is 13.3. The number of hydrogen-bond donors (Lipinski definition) is 0. The molecule has 0 aliphatic heterocycles. The molecule has 2 aromatic carbocycles. The number of nitrogens with zero attached hydrogens (tertiary/aromatic N) is 4. The Morgan fingerprint density at radius 3 is 2.56 bits per heavy atom. The Bertz CT molecular complexity index is 1000. The van der Waals surface area contributed by atoms with Crippen molar-refractivity contribution in [2.75, 3.05) is 5.75 Å². The molecular weight excluding hydrogens is 411 g/mol. The maximum atomic E-state index is 13.3. The zero-order chi connectivity index (χ0) is 18.0. The molecule has 0 radical (unpaired) electrons. The Hall–Kier alpha value is -2.13. The fraction of sp³-hybridized carbons (Fsp3) is 0.188. The minimum absolute atomic E-state index is 0.0750. The first-order valence-electron chi connectivity index (χ1n) is 7.38. The minimum Gasteiger partial charge on any atom is -0.224 e. The van der Waals surface area contributed by atoms with Gasteiger partial charge in [0.15, 0.2) is 9.84 Å². The van der Waals surface area contributed by atoms with E-state index in [1.54, 1.807) is 43.3 Å². The summed E-state index contributed by atoms with van der Waals surface area (Å²) in [6.07, 6.45) is 0. The third-order valence-electron chi connectivity index (χ3n) is 3.60. The van der Waals surface area contributed by atoms with E-state index in [2.05, 4.69) is 31.3 Å². The predicted octanol–water partition coefficient (Wildman–Crippen LogP) is 3.02. The average molecular weight is 425 g/mol. The Morgan fingerprint density at radius 2 is 1.88 bits per heavy atom. The molecule has 0 unspecified atom stereocenters. The maximum Gasteiger partial charge on any atom is 0.204 e. The fourth-order valence-electron chi connectivity index (χ4n) is 2.20. The highest BCUT2D eigenvalue weighted by Gasteiger charge is 2.16. The first-order chi connectivity index (χ1) is 11.8. The van der Waals surface area contributed by atoms with Crippen LogP contribution < -0.4 is 0 Å². The molecule has 6 nitrogen and oxygen atoms in total. The van der Waals surface area contributed by atoms with E-state index in [0.29, 0.717) is 17.0 Å². The van der Waals surface area contributed by atoms with Crippen LogP contribution in [0.3, 0.4) is 0 Å². The molecule has 0 spiro atoms. The minimum atomic E-state index is -3.44. The summed E-state index contributed by atoms with van der Waals surface area (Å²) < 4.78 is 38.8. The van der Waals surface area contributed by atoms with Crippen LogP contribution in [0.1, 0.15) is 5.56 Å². The van der Waals surface area contributed by atoms with Crippen molar-refractivity contribution in [1.29, 1.82) is 0 Å². The average Bonchev–Trinajstić information content (AvgIpc) is 3.05. The topological polar surface area (TPSA) is 77.7 Å². The summed E-state index contributed by atoms with van der Waals surface area (Å²) in [4.78, 5) is 1.47. The molecule has 0 N–H and O–H groups in total. The molecule has 0 bridgehead atoms. The van der Waals surface area contributed by atoms with E-state index in [9.17, 15) is 12.8 Å². The second-order valence-electron chi connectivity index (χ2n) is 5.45. The number of sulfone groups is 1. The molecule has 3 rings (SSSR count). The lowest BCUT2D eigenvalue weighted by Crippen LogP contribution is -2.15. The standard InChI is InChI=1S/C16H14BrFN4O2S/c1-11-10-12(2-7-15(11)18)16-19-21-22(20-16)8-9-25(23,24)14-5-3-13(17)4-6-14/h2-7,10H,8-9H2,1H3. The summed E-state index contributed by atoms with van der Waals surface area (Å²) in [6, 6.07) is 11.0. The Morgan fingerprint density at radius 1 is 1.16 bits per heavy atom. The number of tetrazole rings is 1. The second kappa shape index (κ2) is 7.01. The summed E-state index contributed by atoms with van der Waals surface area (Å²) in [5.74, 6) is -0.131. The lowest BCUT2D eigenvalue weighted by Gasteiger charge is -2.04. The van der Waals surface area contributed by atoms with E-state index in [-0.39, 0.29) is 23.0 Å². The van der Waals surface area contributed by atoms with Crippen LogP contribution in [0.15, 0.2) is 51.8 Å². The molecule has 0 atom stereocenters. The van der Waals surface area contributed by atoms with Gasteiger partial charge in [0.25, 0.3) is 0 Å². The predicted molar refractivity (Wildman–Crippen MR) is 94.1 cm³/mol. The van der Waals surface area contributed by atoms with Gasteiger partial charge in [-0.3, -0.25) is 0 Å². The van der Waals surface area contributed by atoms with Gasteiger partial charge in [0.05, 0.1) is 17.2 Å². The van der Waals surface area contributed by atoms with Crippen molar-refractivity contribution in [3.05, 3.63) is 58.3 Å². The molecule has 1 heterocycles. The molecule has 9 heteroatoms. The van der Waals surface area contributed by atoms with Crippen LogP contribution in [0.5, 0.6) is 0 Å². The van der Waals surface area contributed by atoms with Gasteiger partial charge in [0.2, 0.25) is 5.82 Å². The van der Waals surface area contributed by atoms with Crippen LogP contribution in [0.4, 0.5) is 4.39 Å². The first kappa shape index (κ1) is 17.7. The molecule has 0 saturated heterocycles. The molecule has 1 aromatic heterocycles. The molecule has 0 amide bonds. The molecule has 130 valence electrons. The second-order valence-corrected chi connectivity index (χ2v) is 8.47. The van der Waals surface area contributed by atoms with Crippen molar-refractivity contribution in [2.45, 2.75) is 18.4 Å². The molecule has 0 fully saturated rings. The fourth-order valence-corrected chi connectivity index (χ4v) is 3.65. The quantitative estimate of drug-likeness (QED) is 0.628. The van der Waals surface area contributed by atoms with Gasteiger partial charge in [0.1, 0.15) is 5.82 Å². The summed E-state index contributed by atoms with van der Waals surface area (Å²) in [7, 11) is -3.44. The van der Waals surface area contributed by atoms with E-state index in [1.807, 2.05) is 0 Å². The summed E-state index contributed by atoms with van der Waals surface area (Å²) >= 11 is 3.27. The van der Waals surface area contributed by atoms with Gasteiger partial charge in [-0.2, -0.15) is 4.80 Å². The number of aryl methyl sites for hydroxylation is 2. The summed E-state index contributed by atoms with van der Waals surface area (Å²) in [5.41, 5.74) is 1.10. The highest BCUT2D eigenvalue weighted by atomic mass is 79.9. The van der Waals surface area contributed by atoms with E-state index in [1.165, 1.54) is 10.9 Å². The normalized spacial score (nSPS) is 11.6. The van der Waals surface area contributed by atoms with Crippen LogP contribution in [0.25, 0.3) is 11.4 Å². The molecule has 0 aliphatic rings. The van der Waals surface area contributed by atoms with Crippen molar-refractivity contribution in [3.8, 4) is 11.4 Å². The van der Waals surface area contributed by atoms with E-state index < -0.39 is 9.84 Å². The Kier molecular flexibility index (Phi) is 4.96. The van der Waals surface area contributed by atoms with Gasteiger partial charge >= 0.3 is 0 Å². The van der Waals surface area contributed by atoms with Crippen LogP contribution in [0.2, 0.25) is 0 Å². The van der Waals surface area contributed by atoms with Crippen LogP contribution in [0, 0.1) is 12.7 Å². The zero-order valence-corrected chi connectivity index (χ0v) is 15.6. The number of hydrogen-bond acceptors (Lipinski definition) is 5.